The highest BCUT2D eigenvalue weighted by molar-refractivity contribution is 5.83. The van der Waals surface area contributed by atoms with E-state index in [1.54, 1.807) is 43.4 Å². The number of H-pyrrole nitrogens is 1. The summed E-state index contributed by atoms with van der Waals surface area (Å²) < 4.78 is 29.4. The van der Waals surface area contributed by atoms with Gasteiger partial charge in [-0.2, -0.15) is 0 Å². The zero-order chi connectivity index (χ0) is 36.2. The Balaban J connectivity index is 1.27. The van der Waals surface area contributed by atoms with Crippen LogP contribution in [0, 0.1) is 0 Å². The number of hydrogen-bond donors (Lipinski definition) is 5. The van der Waals surface area contributed by atoms with Gasteiger partial charge in [0.1, 0.15) is 36.6 Å². The van der Waals surface area contributed by atoms with Crippen molar-refractivity contribution < 1.29 is 53.7 Å². The number of allylic oxidation sites excluding steroid dienone is 7. The maximum absolute atomic E-state index is 12.5. The second kappa shape index (κ2) is 18.6. The van der Waals surface area contributed by atoms with Crippen molar-refractivity contribution in [1.29, 1.82) is 0 Å². The molecule has 0 aliphatic carbocycles. The molecule has 0 aromatic carbocycles. The number of fused-ring (bicyclic) bond motifs is 1. The molecule has 0 bridgehead atoms. The molecule has 2 aromatic rings. The van der Waals surface area contributed by atoms with Gasteiger partial charge in [0.25, 0.3) is 5.56 Å². The molecule has 16 nitrogen and oxygen atoms in total. The molecule has 0 saturated carbocycles. The number of aromatic amines is 1. The Morgan fingerprint density at radius 2 is 1.74 bits per heavy atom. The summed E-state index contributed by atoms with van der Waals surface area (Å²) in [4.78, 5) is 47.0. The van der Waals surface area contributed by atoms with Gasteiger partial charge in [-0.15, -0.1) is 0 Å². The van der Waals surface area contributed by atoms with E-state index in [1.807, 2.05) is 6.08 Å². The highest BCUT2D eigenvalue weighted by atomic mass is 16.7. The standard InChI is InChI=1S/C34H44N4O12/c1-4-5-6-8-12-15-23(40)46-20(2)14-11-9-7-10-13-16-24(41)49-29-21(3)47-34(28(44)27(29)43)50-30-26(42)22(17-39)48-33(30)38-19-37-25-31(38)35-18-36-32(25)45/h6-8,10-16,18-22,26-30,33-34,39,42-44H,4-5,9,17H2,1-3H3,(H,35,36,45)/b8-6+,10-7+,14-11-,15-12-,16-13+/t20?,21-,22+,26+,27-,28-,29+,30+,33+,34-/m0/s1. The Morgan fingerprint density at radius 3 is 2.48 bits per heavy atom. The van der Waals surface area contributed by atoms with E-state index in [9.17, 15) is 34.8 Å². The van der Waals surface area contributed by atoms with Gasteiger partial charge in [-0.25, -0.2) is 19.6 Å². The average molecular weight is 701 g/mol. The van der Waals surface area contributed by atoms with Crippen LogP contribution in [0.2, 0.25) is 0 Å². The summed E-state index contributed by atoms with van der Waals surface area (Å²) in [5, 5.41) is 42.4. The van der Waals surface area contributed by atoms with Crippen molar-refractivity contribution in [3.05, 3.63) is 83.8 Å². The van der Waals surface area contributed by atoms with Gasteiger partial charge in [0.05, 0.1) is 25.4 Å². The zero-order valence-corrected chi connectivity index (χ0v) is 27.9. The Hall–Kier alpha value is -4.29. The Bertz CT molecular complexity index is 1630. The molecule has 10 atom stereocenters. The van der Waals surface area contributed by atoms with Crippen LogP contribution in [0.3, 0.4) is 0 Å². The maximum atomic E-state index is 12.5. The summed E-state index contributed by atoms with van der Waals surface area (Å²) in [6, 6.07) is 0. The van der Waals surface area contributed by atoms with Crippen LogP contribution in [0.25, 0.3) is 11.2 Å². The molecule has 1 unspecified atom stereocenters. The fourth-order valence-corrected chi connectivity index (χ4v) is 5.28. The van der Waals surface area contributed by atoms with E-state index < -0.39 is 85.5 Å². The number of nitrogens with one attached hydrogen (secondary N) is 1. The number of aliphatic hydroxyl groups is 4. The molecule has 16 heteroatoms. The first-order valence-corrected chi connectivity index (χ1v) is 16.3. The highest BCUT2D eigenvalue weighted by Gasteiger charge is 2.51. The molecule has 0 spiro atoms. The van der Waals surface area contributed by atoms with Crippen molar-refractivity contribution in [3.63, 3.8) is 0 Å². The van der Waals surface area contributed by atoms with Gasteiger partial charge in [0.15, 0.2) is 29.8 Å². The minimum atomic E-state index is -1.72. The van der Waals surface area contributed by atoms with Crippen molar-refractivity contribution in [2.75, 3.05) is 6.61 Å². The number of aromatic nitrogens is 4. The third-order valence-corrected chi connectivity index (χ3v) is 7.85. The second-order valence-corrected chi connectivity index (χ2v) is 11.7. The lowest BCUT2D eigenvalue weighted by Crippen LogP contribution is -2.59. The van der Waals surface area contributed by atoms with Crippen LogP contribution in [0.5, 0.6) is 0 Å². The van der Waals surface area contributed by atoms with Crippen molar-refractivity contribution in [2.24, 2.45) is 0 Å². The van der Waals surface area contributed by atoms with Gasteiger partial charge in [-0.3, -0.25) is 9.36 Å². The number of nitrogens with zero attached hydrogens (tertiary/aromatic N) is 3. The summed E-state index contributed by atoms with van der Waals surface area (Å²) in [6.07, 6.45) is 8.75. The molecule has 0 radical (unpaired) electrons. The Morgan fingerprint density at radius 1 is 1.00 bits per heavy atom. The maximum Gasteiger partial charge on any atom is 0.331 e. The Kier molecular flexibility index (Phi) is 14.4. The molecule has 5 N–H and O–H groups in total. The molecular weight excluding hydrogens is 656 g/mol. The summed E-state index contributed by atoms with van der Waals surface area (Å²) in [7, 11) is 0. The second-order valence-electron chi connectivity index (χ2n) is 11.7. The van der Waals surface area contributed by atoms with Crippen molar-refractivity contribution in [1.82, 2.24) is 19.5 Å². The summed E-state index contributed by atoms with van der Waals surface area (Å²) >= 11 is 0. The Labute approximate surface area is 288 Å². The van der Waals surface area contributed by atoms with Gasteiger partial charge in [-0.05, 0) is 32.8 Å². The first-order chi connectivity index (χ1) is 24.0. The van der Waals surface area contributed by atoms with E-state index in [1.165, 1.54) is 36.3 Å². The van der Waals surface area contributed by atoms with E-state index >= 15 is 0 Å². The lowest BCUT2D eigenvalue weighted by Gasteiger charge is -2.41. The molecule has 2 saturated heterocycles. The van der Waals surface area contributed by atoms with Crippen LogP contribution in [0.15, 0.2) is 78.2 Å². The fourth-order valence-electron chi connectivity index (χ4n) is 5.28. The number of hydrogen-bond acceptors (Lipinski definition) is 14. The number of aliphatic hydroxyl groups excluding tert-OH is 4. The van der Waals surface area contributed by atoms with E-state index in [0.29, 0.717) is 6.42 Å². The van der Waals surface area contributed by atoms with Crippen LogP contribution in [-0.4, -0.2) is 114 Å². The monoisotopic (exact) mass is 700 g/mol. The summed E-state index contributed by atoms with van der Waals surface area (Å²) in [6.45, 7) is 4.74. The molecular formula is C34H44N4O12. The number of carbonyl (C=O) groups excluding carboxylic acids is 2. The number of imidazole rings is 1. The number of esters is 2. The number of rotatable bonds is 15. The minimum absolute atomic E-state index is 0.00465. The largest absolute Gasteiger partial charge is 0.455 e. The molecule has 4 heterocycles. The predicted molar refractivity (Wildman–Crippen MR) is 177 cm³/mol. The van der Waals surface area contributed by atoms with Crippen LogP contribution < -0.4 is 5.56 Å². The van der Waals surface area contributed by atoms with Crippen LogP contribution in [-0.2, 0) is 33.3 Å². The van der Waals surface area contributed by atoms with Crippen LogP contribution >= 0.6 is 0 Å². The molecule has 2 aromatic heterocycles. The molecule has 0 amide bonds. The number of carbonyl (C=O) groups is 2. The van der Waals surface area contributed by atoms with Crippen molar-refractivity contribution >= 4 is 23.1 Å². The van der Waals surface area contributed by atoms with E-state index in [-0.39, 0.29) is 11.2 Å². The van der Waals surface area contributed by atoms with Crippen molar-refractivity contribution in [3.8, 4) is 0 Å². The summed E-state index contributed by atoms with van der Waals surface area (Å²) in [5.74, 6) is -1.24. The average Bonchev–Trinajstić information content (AvgIpc) is 3.66. The van der Waals surface area contributed by atoms with E-state index in [4.69, 9.17) is 23.7 Å². The third kappa shape index (κ3) is 9.91. The predicted octanol–water partition coefficient (Wildman–Crippen LogP) is 1.04. The topological polar surface area (TPSA) is 225 Å². The summed E-state index contributed by atoms with van der Waals surface area (Å²) in [5.41, 5.74) is -0.378. The van der Waals surface area contributed by atoms with Gasteiger partial charge in [0, 0.05) is 12.2 Å². The van der Waals surface area contributed by atoms with Gasteiger partial charge >= 0.3 is 11.9 Å². The number of unbranched alkanes of at least 4 members (excludes halogenated alkanes) is 1. The zero-order valence-electron chi connectivity index (χ0n) is 27.9. The molecule has 50 heavy (non-hydrogen) atoms. The normalized spacial score (nSPS) is 29.7. The van der Waals surface area contributed by atoms with Crippen molar-refractivity contribution in [2.45, 2.75) is 101 Å². The molecule has 2 aliphatic heterocycles. The van der Waals surface area contributed by atoms with E-state index in [0.717, 1.165) is 18.9 Å². The molecule has 2 fully saturated rings. The lowest BCUT2D eigenvalue weighted by atomic mass is 9.99. The molecule has 272 valence electrons. The minimum Gasteiger partial charge on any atom is -0.455 e. The SMILES string of the molecule is CCC/C=C/C=C\C(=O)OC(C)/C=C\C/C=C/C=C/C(=O)O[C@H]1[C@@H](O)[C@H](O)[C@H](O[C@@H]2[C@H](O)[C@@H](CO)O[C@H]2n2cnc3c(=O)[nH]cnc32)O[C@H]1C. The number of ether oxygens (including phenoxy) is 5. The van der Waals surface area contributed by atoms with E-state index in [2.05, 4.69) is 21.9 Å². The highest BCUT2D eigenvalue weighted by Crippen LogP contribution is 2.36. The quantitative estimate of drug-likeness (QED) is 0.0758. The van der Waals surface area contributed by atoms with Gasteiger partial charge < -0.3 is 49.1 Å². The first-order valence-electron chi connectivity index (χ1n) is 16.3. The molecule has 4 rings (SSSR count). The van der Waals surface area contributed by atoms with Crippen LogP contribution in [0.1, 0.15) is 46.3 Å². The lowest BCUT2D eigenvalue weighted by molar-refractivity contribution is -0.314. The third-order valence-electron chi connectivity index (χ3n) is 7.85. The van der Waals surface area contributed by atoms with Gasteiger partial charge in [0.2, 0.25) is 0 Å². The molecule has 2 aliphatic rings. The smallest absolute Gasteiger partial charge is 0.331 e. The fraction of sp³-hybridized carbons (Fsp3) is 0.500. The first kappa shape index (κ1) is 38.5. The van der Waals surface area contributed by atoms with Crippen LogP contribution in [0.4, 0.5) is 0 Å². The van der Waals surface area contributed by atoms with Gasteiger partial charge in [-0.1, -0.05) is 55.9 Å².